The highest BCUT2D eigenvalue weighted by molar-refractivity contribution is 7.82. The second kappa shape index (κ2) is 12.1. The highest BCUT2D eigenvalue weighted by atomic mass is 32.2. The number of nitrogens with zero attached hydrogens (tertiary/aromatic N) is 3. The molecule has 5 aliphatic rings. The van der Waals surface area contributed by atoms with Gasteiger partial charge in [0.2, 0.25) is 11.0 Å². The Bertz CT molecular complexity index is 2340. The van der Waals surface area contributed by atoms with E-state index in [-0.39, 0.29) is 5.92 Å². The number of aliphatic carboxylic acids is 1. The van der Waals surface area contributed by atoms with Gasteiger partial charge in [-0.15, -0.1) is 0 Å². The van der Waals surface area contributed by atoms with Gasteiger partial charge in [-0.25, -0.2) is 8.51 Å². The van der Waals surface area contributed by atoms with Crippen molar-refractivity contribution in [3.8, 4) is 22.5 Å². The molecule has 4 heterocycles. The van der Waals surface area contributed by atoms with Crippen LogP contribution in [-0.4, -0.2) is 45.8 Å². The Morgan fingerprint density at radius 2 is 1.57 bits per heavy atom. The Morgan fingerprint density at radius 1 is 0.796 bits per heavy atom. The predicted octanol–water partition coefficient (Wildman–Crippen LogP) is 7.38. The van der Waals surface area contributed by atoms with Crippen molar-refractivity contribution in [2.75, 3.05) is 31.1 Å². The maximum atomic E-state index is 14.3. The van der Waals surface area contributed by atoms with Gasteiger partial charge in [0.15, 0.2) is 6.54 Å². The topological polar surface area (TPSA) is 77.0 Å². The molecule has 1 saturated heterocycles. The second-order valence-electron chi connectivity index (χ2n) is 13.2. The largest absolute Gasteiger partial charge is 0.481 e. The lowest BCUT2D eigenvalue weighted by Crippen LogP contribution is -2.37. The number of para-hydroxylation sites is 2. The number of anilines is 2. The SMILES string of the molecule is O=C(O)C1CCN(S(=O)c2ccccc2-c2c3ccc(=[N+]4CCc5ccccc54)cc-3oc3cc(N4CCc5ccccc54)ccc23)CC1. The molecule has 1 aliphatic carbocycles. The third kappa shape index (κ3) is 5.18. The zero-order chi connectivity index (χ0) is 33.1. The van der Waals surface area contributed by atoms with E-state index in [1.807, 2.05) is 22.5 Å². The molecule has 0 amide bonds. The van der Waals surface area contributed by atoms with Crippen molar-refractivity contribution >= 4 is 45.0 Å². The summed E-state index contributed by atoms with van der Waals surface area (Å²) in [6.07, 6.45) is 2.98. The molecule has 4 aliphatic heterocycles. The first kappa shape index (κ1) is 30.0. The van der Waals surface area contributed by atoms with Crippen molar-refractivity contribution in [2.24, 2.45) is 5.92 Å². The van der Waals surface area contributed by atoms with E-state index in [9.17, 15) is 14.1 Å². The third-order valence-corrected chi connectivity index (χ3v) is 12.0. The van der Waals surface area contributed by atoms with Gasteiger partial charge in [-0.3, -0.25) is 4.79 Å². The molecule has 0 bridgehead atoms. The fourth-order valence-electron chi connectivity index (χ4n) is 7.94. The minimum Gasteiger partial charge on any atom is -0.481 e. The minimum atomic E-state index is -1.46. The highest BCUT2D eigenvalue weighted by Gasteiger charge is 2.31. The van der Waals surface area contributed by atoms with Crippen LogP contribution in [0.1, 0.15) is 24.0 Å². The standard InChI is InChI=1S/C41H35N3O4S/c45-41(46)29-17-21-42(22-18-29)49(47)39-12-6-3-9-34(39)40-32-15-13-30(43-23-19-27-7-1-4-10-35(27)43)25-37(32)48-38-26-31(14-16-33(38)40)44-24-20-28-8-2-5-11-36(28)44/h1-16,25-26,29H,17-24H2/p+1. The number of hydrogen-bond donors (Lipinski definition) is 1. The summed E-state index contributed by atoms with van der Waals surface area (Å²) >= 11 is 0. The summed E-state index contributed by atoms with van der Waals surface area (Å²) < 4.78 is 25.4. The predicted molar refractivity (Wildman–Crippen MR) is 194 cm³/mol. The first-order chi connectivity index (χ1) is 24.0. The van der Waals surface area contributed by atoms with Gasteiger partial charge < -0.3 is 14.4 Å². The number of carbonyl (C=O) groups is 1. The summed E-state index contributed by atoms with van der Waals surface area (Å²) in [7, 11) is -1.46. The van der Waals surface area contributed by atoms with Crippen LogP contribution in [-0.2, 0) is 28.6 Å². The Balaban J connectivity index is 1.23. The number of hydrogen-bond acceptors (Lipinski definition) is 4. The number of carboxylic acids is 1. The Morgan fingerprint density at radius 3 is 2.43 bits per heavy atom. The molecule has 1 N–H and O–H groups in total. The molecule has 4 aromatic rings. The van der Waals surface area contributed by atoms with E-state index in [0.29, 0.717) is 25.9 Å². The quantitative estimate of drug-likeness (QED) is 0.154. The van der Waals surface area contributed by atoms with E-state index < -0.39 is 17.0 Å². The van der Waals surface area contributed by atoms with Crippen LogP contribution in [0, 0.1) is 5.92 Å². The van der Waals surface area contributed by atoms with Gasteiger partial charge in [-0.1, -0.05) is 54.6 Å². The summed E-state index contributed by atoms with van der Waals surface area (Å²) in [4.78, 5) is 14.7. The van der Waals surface area contributed by atoms with Crippen molar-refractivity contribution < 1.29 is 18.5 Å². The van der Waals surface area contributed by atoms with E-state index in [0.717, 1.165) is 75.3 Å². The number of benzene rings is 5. The summed E-state index contributed by atoms with van der Waals surface area (Å²) in [5.41, 5.74) is 9.83. The normalized spacial score (nSPS) is 18.2. The zero-order valence-electron chi connectivity index (χ0n) is 27.0. The van der Waals surface area contributed by atoms with Gasteiger partial charge in [-0.05, 0) is 55.2 Å². The lowest BCUT2D eigenvalue weighted by atomic mass is 9.93. The van der Waals surface area contributed by atoms with Gasteiger partial charge in [0, 0.05) is 83.3 Å². The zero-order valence-corrected chi connectivity index (χ0v) is 27.9. The molecular formula is C41H36N3O4S+. The van der Waals surface area contributed by atoms with Crippen molar-refractivity contribution in [2.45, 2.75) is 30.6 Å². The summed E-state index contributed by atoms with van der Waals surface area (Å²) in [6.45, 7) is 2.77. The number of fused-ring (bicyclic) bond motifs is 4. The van der Waals surface area contributed by atoms with E-state index in [2.05, 4.69) is 100 Å². The van der Waals surface area contributed by atoms with Crippen molar-refractivity contribution in [1.29, 1.82) is 0 Å². The molecule has 244 valence electrons. The van der Waals surface area contributed by atoms with Crippen molar-refractivity contribution in [3.63, 3.8) is 0 Å². The van der Waals surface area contributed by atoms with E-state index in [1.165, 1.54) is 22.5 Å². The van der Waals surface area contributed by atoms with Crippen LogP contribution in [0.15, 0.2) is 119 Å². The van der Waals surface area contributed by atoms with Gasteiger partial charge >= 0.3 is 5.97 Å². The number of carboxylic acid groups (broad SMARTS) is 1. The van der Waals surface area contributed by atoms with Crippen molar-refractivity contribution in [3.05, 3.63) is 126 Å². The molecule has 49 heavy (non-hydrogen) atoms. The van der Waals surface area contributed by atoms with Crippen LogP contribution in [0.4, 0.5) is 17.1 Å². The molecule has 9 rings (SSSR count). The Kier molecular flexibility index (Phi) is 7.43. The molecule has 4 aromatic carbocycles. The maximum absolute atomic E-state index is 14.3. The minimum absolute atomic E-state index is 0.388. The average molecular weight is 667 g/mol. The van der Waals surface area contributed by atoms with Gasteiger partial charge in [0.1, 0.15) is 22.3 Å². The maximum Gasteiger partial charge on any atom is 0.306 e. The van der Waals surface area contributed by atoms with Crippen LogP contribution >= 0.6 is 0 Å². The monoisotopic (exact) mass is 666 g/mol. The number of rotatable bonds is 5. The molecule has 7 nitrogen and oxygen atoms in total. The average Bonchev–Trinajstić information content (AvgIpc) is 3.78. The summed E-state index contributed by atoms with van der Waals surface area (Å²) in [5.74, 6) is -0.391. The lowest BCUT2D eigenvalue weighted by Gasteiger charge is -2.29. The van der Waals surface area contributed by atoms with Crippen molar-refractivity contribution in [1.82, 2.24) is 8.88 Å². The van der Waals surface area contributed by atoms with Crippen LogP contribution < -0.4 is 14.8 Å². The third-order valence-electron chi connectivity index (χ3n) is 10.5. The molecule has 0 aromatic heterocycles. The summed E-state index contributed by atoms with van der Waals surface area (Å²) in [6, 6.07) is 38.0. The Hall–Kier alpha value is -5.05. The fourth-order valence-corrected chi connectivity index (χ4v) is 9.31. The molecule has 0 radical (unpaired) electrons. The fraction of sp³-hybridized carbons (Fsp3) is 0.220. The molecule has 1 atom stereocenters. The molecule has 0 saturated carbocycles. The van der Waals surface area contributed by atoms with Gasteiger partial charge in [0.25, 0.3) is 0 Å². The van der Waals surface area contributed by atoms with Gasteiger partial charge in [0.05, 0.1) is 16.9 Å². The van der Waals surface area contributed by atoms with Crippen LogP contribution in [0.3, 0.4) is 0 Å². The second-order valence-corrected chi connectivity index (χ2v) is 14.6. The lowest BCUT2D eigenvalue weighted by molar-refractivity contribution is -0.142. The van der Waals surface area contributed by atoms with Crippen LogP contribution in [0.25, 0.3) is 33.4 Å². The van der Waals surface area contributed by atoms with E-state index in [1.54, 1.807) is 0 Å². The molecule has 1 unspecified atom stereocenters. The van der Waals surface area contributed by atoms with Gasteiger partial charge in [-0.2, -0.15) is 4.58 Å². The molecule has 8 heteroatoms. The Labute approximate surface area is 287 Å². The highest BCUT2D eigenvalue weighted by Crippen LogP contribution is 2.44. The molecular weight excluding hydrogens is 631 g/mol. The number of piperidine rings is 1. The molecule has 0 spiro atoms. The van der Waals surface area contributed by atoms with E-state index >= 15 is 0 Å². The van der Waals surface area contributed by atoms with Crippen LogP contribution in [0.5, 0.6) is 0 Å². The molecule has 1 fully saturated rings. The smallest absolute Gasteiger partial charge is 0.306 e. The summed E-state index contributed by atoms with van der Waals surface area (Å²) in [5, 5.41) is 11.6. The first-order valence-corrected chi connectivity index (χ1v) is 18.2. The van der Waals surface area contributed by atoms with Crippen LogP contribution in [0.2, 0.25) is 0 Å². The first-order valence-electron chi connectivity index (χ1n) is 17.1. The van der Waals surface area contributed by atoms with E-state index in [4.69, 9.17) is 4.42 Å².